The molecule has 0 aromatic heterocycles. The summed E-state index contributed by atoms with van der Waals surface area (Å²) in [6.45, 7) is 12.5. The fraction of sp³-hybridized carbons (Fsp3) is 0.536. The molecule has 1 fully saturated rings. The van der Waals surface area contributed by atoms with Crippen molar-refractivity contribution in [3.8, 4) is 11.5 Å². The minimum absolute atomic E-state index is 0.119. The van der Waals surface area contributed by atoms with Crippen molar-refractivity contribution in [3.05, 3.63) is 52.1 Å². The maximum atomic E-state index is 12.9. The van der Waals surface area contributed by atoms with Gasteiger partial charge in [0.15, 0.2) is 0 Å². The number of carbonyl (C=O) groups is 1. The van der Waals surface area contributed by atoms with Crippen molar-refractivity contribution in [2.45, 2.75) is 52.6 Å². The van der Waals surface area contributed by atoms with Crippen LogP contribution >= 0.6 is 0 Å². The Bertz CT molecular complexity index is 1060. The number of fused-ring (bicyclic) bond motifs is 1. The van der Waals surface area contributed by atoms with Crippen LogP contribution < -0.4 is 9.64 Å². The van der Waals surface area contributed by atoms with Gasteiger partial charge >= 0.3 is 0 Å². The highest BCUT2D eigenvalue weighted by molar-refractivity contribution is 5.94. The summed E-state index contributed by atoms with van der Waals surface area (Å²) in [6, 6.07) is 7.85. The number of anilines is 1. The molecule has 1 amide bonds. The number of phenols is 1. The average molecular weight is 466 g/mol. The minimum atomic E-state index is -0.214. The summed E-state index contributed by atoms with van der Waals surface area (Å²) in [6.07, 6.45) is 2.83. The molecule has 2 heterocycles. The number of carbonyl (C=O) groups excluding carboxylic acids is 1. The van der Waals surface area contributed by atoms with Crippen LogP contribution in [0.4, 0.5) is 5.69 Å². The van der Waals surface area contributed by atoms with Crippen LogP contribution in [0, 0.1) is 20.8 Å². The first-order chi connectivity index (χ1) is 16.1. The van der Waals surface area contributed by atoms with Crippen LogP contribution in [0.1, 0.15) is 52.4 Å². The first-order valence-corrected chi connectivity index (χ1v) is 12.4. The van der Waals surface area contributed by atoms with E-state index in [4.69, 9.17) is 4.74 Å². The fourth-order valence-corrected chi connectivity index (χ4v) is 5.12. The van der Waals surface area contributed by atoms with Crippen molar-refractivity contribution in [1.29, 1.82) is 0 Å². The molecule has 4 rings (SSSR count). The maximum Gasteiger partial charge on any atom is 0.253 e. The standard InChI is InChI=1S/C28H39N3O3/c1-19-20(2)26-24(21(3)25(19)32)11-12-28(4,34-26)13-14-30-15-17-31(18-16-30)27(33)22-7-9-23(10-8-22)29(5)6/h7-10,32H,11-18H2,1-6H3. The molecular formula is C28H39N3O3. The average Bonchev–Trinajstić information content (AvgIpc) is 2.85. The highest BCUT2D eigenvalue weighted by atomic mass is 16.5. The molecule has 1 atom stereocenters. The Kier molecular flexibility index (Phi) is 6.81. The lowest BCUT2D eigenvalue weighted by Crippen LogP contribution is -2.50. The SMILES string of the molecule is Cc1c(C)c2c(c(C)c1O)CCC(C)(CCN1CCN(C(=O)c3ccc(N(C)C)cc3)CC1)O2. The van der Waals surface area contributed by atoms with Gasteiger partial charge in [0, 0.05) is 63.6 Å². The second-order valence-corrected chi connectivity index (χ2v) is 10.4. The number of amides is 1. The van der Waals surface area contributed by atoms with E-state index in [1.165, 1.54) is 0 Å². The lowest BCUT2D eigenvalue weighted by molar-refractivity contribution is 0.0338. The molecule has 2 aromatic carbocycles. The number of nitrogens with zero attached hydrogens (tertiary/aromatic N) is 3. The first kappa shape index (κ1) is 24.4. The Hall–Kier alpha value is -2.73. The second kappa shape index (κ2) is 9.49. The van der Waals surface area contributed by atoms with Crippen LogP contribution in [0.5, 0.6) is 11.5 Å². The molecule has 0 aliphatic carbocycles. The highest BCUT2D eigenvalue weighted by Crippen LogP contribution is 2.44. The van der Waals surface area contributed by atoms with E-state index in [-0.39, 0.29) is 11.5 Å². The van der Waals surface area contributed by atoms with Gasteiger partial charge in [-0.2, -0.15) is 0 Å². The molecule has 2 aromatic rings. The molecule has 6 heteroatoms. The topological polar surface area (TPSA) is 56.2 Å². The van der Waals surface area contributed by atoms with E-state index >= 15 is 0 Å². The zero-order chi connectivity index (χ0) is 24.6. The number of aromatic hydroxyl groups is 1. The van der Waals surface area contributed by atoms with Gasteiger partial charge in [-0.1, -0.05) is 0 Å². The molecule has 1 N–H and O–H groups in total. The van der Waals surface area contributed by atoms with Gasteiger partial charge in [0.1, 0.15) is 17.1 Å². The quantitative estimate of drug-likeness (QED) is 0.713. The molecule has 1 saturated heterocycles. The predicted molar refractivity (Wildman–Crippen MR) is 137 cm³/mol. The van der Waals surface area contributed by atoms with Crippen molar-refractivity contribution in [2.75, 3.05) is 51.7 Å². The third-order valence-electron chi connectivity index (χ3n) is 7.84. The third kappa shape index (κ3) is 4.74. The minimum Gasteiger partial charge on any atom is -0.507 e. The monoisotopic (exact) mass is 465 g/mol. The summed E-state index contributed by atoms with van der Waals surface area (Å²) >= 11 is 0. The molecule has 34 heavy (non-hydrogen) atoms. The Morgan fingerprint density at radius 1 is 1.03 bits per heavy atom. The summed E-state index contributed by atoms with van der Waals surface area (Å²) in [4.78, 5) is 19.4. The van der Waals surface area contributed by atoms with E-state index in [1.807, 2.05) is 68.9 Å². The number of hydrogen-bond donors (Lipinski definition) is 1. The zero-order valence-corrected chi connectivity index (χ0v) is 21.6. The molecule has 6 nitrogen and oxygen atoms in total. The van der Waals surface area contributed by atoms with Gasteiger partial charge in [0.2, 0.25) is 0 Å². The van der Waals surface area contributed by atoms with Gasteiger partial charge in [-0.15, -0.1) is 0 Å². The molecule has 1 unspecified atom stereocenters. The van der Waals surface area contributed by atoms with Crippen molar-refractivity contribution in [1.82, 2.24) is 9.80 Å². The molecular weight excluding hydrogens is 426 g/mol. The normalized spacial score (nSPS) is 20.6. The summed E-state index contributed by atoms with van der Waals surface area (Å²) in [5.41, 5.74) is 5.72. The van der Waals surface area contributed by atoms with Gasteiger partial charge in [-0.05, 0) is 87.9 Å². The number of hydrogen-bond acceptors (Lipinski definition) is 5. The van der Waals surface area contributed by atoms with Crippen LogP contribution in [-0.2, 0) is 6.42 Å². The first-order valence-electron chi connectivity index (χ1n) is 12.4. The van der Waals surface area contributed by atoms with Crippen LogP contribution in [-0.4, -0.2) is 73.2 Å². The highest BCUT2D eigenvalue weighted by Gasteiger charge is 2.35. The smallest absolute Gasteiger partial charge is 0.253 e. The van der Waals surface area contributed by atoms with E-state index < -0.39 is 0 Å². The van der Waals surface area contributed by atoms with Gasteiger partial charge < -0.3 is 19.6 Å². The van der Waals surface area contributed by atoms with E-state index in [2.05, 4.69) is 11.8 Å². The third-order valence-corrected chi connectivity index (χ3v) is 7.84. The molecule has 184 valence electrons. The van der Waals surface area contributed by atoms with E-state index in [1.54, 1.807) is 0 Å². The van der Waals surface area contributed by atoms with Crippen LogP contribution in [0.25, 0.3) is 0 Å². The van der Waals surface area contributed by atoms with Crippen molar-refractivity contribution >= 4 is 11.6 Å². The number of benzene rings is 2. The lowest BCUT2D eigenvalue weighted by Gasteiger charge is -2.40. The van der Waals surface area contributed by atoms with E-state index in [9.17, 15) is 9.90 Å². The number of piperazine rings is 1. The molecule has 0 bridgehead atoms. The summed E-state index contributed by atoms with van der Waals surface area (Å²) < 4.78 is 6.60. The number of ether oxygens (including phenoxy) is 1. The van der Waals surface area contributed by atoms with Gasteiger partial charge in [-0.3, -0.25) is 9.69 Å². The lowest BCUT2D eigenvalue weighted by atomic mass is 9.85. The number of phenolic OH excluding ortho intramolecular Hbond substituents is 1. The van der Waals surface area contributed by atoms with Crippen LogP contribution in [0.15, 0.2) is 24.3 Å². The van der Waals surface area contributed by atoms with Crippen molar-refractivity contribution < 1.29 is 14.6 Å². The maximum absolute atomic E-state index is 12.9. The molecule has 0 saturated carbocycles. The Morgan fingerprint density at radius 2 is 1.68 bits per heavy atom. The predicted octanol–water partition coefficient (Wildman–Crippen LogP) is 4.32. The van der Waals surface area contributed by atoms with E-state index in [0.29, 0.717) is 5.75 Å². The van der Waals surface area contributed by atoms with Crippen molar-refractivity contribution in [2.24, 2.45) is 0 Å². The molecule has 2 aliphatic heterocycles. The summed E-state index contributed by atoms with van der Waals surface area (Å²) in [5.74, 6) is 1.50. The Morgan fingerprint density at radius 3 is 2.29 bits per heavy atom. The van der Waals surface area contributed by atoms with Gasteiger partial charge in [-0.25, -0.2) is 0 Å². The van der Waals surface area contributed by atoms with Gasteiger partial charge in [0.25, 0.3) is 5.91 Å². The Balaban J connectivity index is 1.32. The van der Waals surface area contributed by atoms with Crippen LogP contribution in [0.3, 0.4) is 0 Å². The van der Waals surface area contributed by atoms with E-state index in [0.717, 1.165) is 91.2 Å². The largest absolute Gasteiger partial charge is 0.507 e. The number of rotatable bonds is 5. The molecule has 2 aliphatic rings. The Labute approximate surface area is 204 Å². The van der Waals surface area contributed by atoms with Crippen molar-refractivity contribution in [3.63, 3.8) is 0 Å². The van der Waals surface area contributed by atoms with Gasteiger partial charge in [0.05, 0.1) is 0 Å². The summed E-state index contributed by atoms with van der Waals surface area (Å²) in [5, 5.41) is 10.4. The molecule has 0 spiro atoms. The zero-order valence-electron chi connectivity index (χ0n) is 21.6. The van der Waals surface area contributed by atoms with Crippen LogP contribution in [0.2, 0.25) is 0 Å². The second-order valence-electron chi connectivity index (χ2n) is 10.4. The fourth-order valence-electron chi connectivity index (χ4n) is 5.12. The molecule has 0 radical (unpaired) electrons. The summed E-state index contributed by atoms with van der Waals surface area (Å²) in [7, 11) is 4.00.